The highest BCUT2D eigenvalue weighted by Crippen LogP contribution is 2.44. The van der Waals surface area contributed by atoms with Crippen LogP contribution in [0.3, 0.4) is 0 Å². The number of methoxy groups -OCH3 is 1. The molecule has 0 unspecified atom stereocenters. The van der Waals surface area contributed by atoms with Crippen LogP contribution in [0.5, 0.6) is 11.5 Å². The van der Waals surface area contributed by atoms with E-state index in [0.29, 0.717) is 30.1 Å². The lowest BCUT2D eigenvalue weighted by molar-refractivity contribution is -0.116. The van der Waals surface area contributed by atoms with Gasteiger partial charge in [-0.05, 0) is 51.3 Å². The van der Waals surface area contributed by atoms with Crippen molar-refractivity contribution < 1.29 is 19.1 Å². The monoisotopic (exact) mass is 355 g/mol. The van der Waals surface area contributed by atoms with E-state index in [-0.39, 0.29) is 17.5 Å². The van der Waals surface area contributed by atoms with Crippen molar-refractivity contribution in [1.82, 2.24) is 5.32 Å². The molecule has 1 aromatic carbocycles. The molecule has 0 radical (unpaired) electrons. The zero-order chi connectivity index (χ0) is 18.8. The van der Waals surface area contributed by atoms with E-state index in [1.807, 2.05) is 32.0 Å². The van der Waals surface area contributed by atoms with Crippen LogP contribution in [0.25, 0.3) is 0 Å². The van der Waals surface area contributed by atoms with Crippen LogP contribution >= 0.6 is 0 Å². The van der Waals surface area contributed by atoms with Gasteiger partial charge in [-0.15, -0.1) is 0 Å². The van der Waals surface area contributed by atoms with Crippen molar-refractivity contribution in [3.8, 4) is 11.5 Å². The lowest BCUT2D eigenvalue weighted by Gasteiger charge is -2.34. The van der Waals surface area contributed by atoms with Crippen molar-refractivity contribution >= 4 is 11.6 Å². The van der Waals surface area contributed by atoms with Crippen LogP contribution in [0, 0.1) is 0 Å². The van der Waals surface area contributed by atoms with Gasteiger partial charge in [0.05, 0.1) is 13.7 Å². The first-order valence-electron chi connectivity index (χ1n) is 9.03. The second-order valence-electron chi connectivity index (χ2n) is 6.67. The summed E-state index contributed by atoms with van der Waals surface area (Å²) in [6.07, 6.45) is 2.19. The van der Waals surface area contributed by atoms with Crippen LogP contribution in [0.15, 0.2) is 40.7 Å². The Kier molecular flexibility index (Phi) is 5.16. The van der Waals surface area contributed by atoms with Gasteiger partial charge in [0, 0.05) is 34.9 Å². The lowest BCUT2D eigenvalue weighted by Crippen LogP contribution is -2.33. The normalized spacial score (nSPS) is 19.8. The van der Waals surface area contributed by atoms with E-state index in [2.05, 4.69) is 5.32 Å². The fraction of sp³-hybridized carbons (Fsp3) is 0.429. The van der Waals surface area contributed by atoms with E-state index in [4.69, 9.17) is 9.47 Å². The number of carbonyl (C=O) groups excluding carboxylic acids is 2. The van der Waals surface area contributed by atoms with Gasteiger partial charge in [-0.1, -0.05) is 6.07 Å². The maximum atomic E-state index is 12.7. The van der Waals surface area contributed by atoms with Gasteiger partial charge in [0.2, 0.25) is 0 Å². The van der Waals surface area contributed by atoms with Gasteiger partial charge in [0.1, 0.15) is 0 Å². The largest absolute Gasteiger partial charge is 0.493 e. The minimum absolute atomic E-state index is 0.0298. The summed E-state index contributed by atoms with van der Waals surface area (Å²) >= 11 is 0. The maximum Gasteiger partial charge on any atom is 0.161 e. The summed E-state index contributed by atoms with van der Waals surface area (Å²) < 4.78 is 11.1. The number of ether oxygens (including phenoxy) is 2. The van der Waals surface area contributed by atoms with Crippen molar-refractivity contribution in [2.45, 2.75) is 46.0 Å². The number of allylic oxidation sites excluding steroid dienone is 4. The van der Waals surface area contributed by atoms with Crippen LogP contribution < -0.4 is 14.8 Å². The number of nitrogens with one attached hydrogen (secondary N) is 1. The van der Waals surface area contributed by atoms with E-state index in [1.165, 1.54) is 0 Å². The molecule has 1 aromatic rings. The third kappa shape index (κ3) is 3.14. The van der Waals surface area contributed by atoms with Crippen molar-refractivity contribution in [2.75, 3.05) is 13.7 Å². The standard InChI is InChI=1S/C21H25NO4/c1-5-26-17-10-9-14(11-18(17)25-4)20-19(13(3)23)12(2)22-15-7-6-8-16(24)21(15)20/h9-11,20,22H,5-8H2,1-4H3/t20-/m1/s1. The highest BCUT2D eigenvalue weighted by atomic mass is 16.5. The summed E-state index contributed by atoms with van der Waals surface area (Å²) in [4.78, 5) is 25.1. The molecular formula is C21H25NO4. The fourth-order valence-corrected chi connectivity index (χ4v) is 3.92. The van der Waals surface area contributed by atoms with Crippen molar-refractivity contribution in [1.29, 1.82) is 0 Å². The number of hydrogen-bond acceptors (Lipinski definition) is 5. The van der Waals surface area contributed by atoms with Crippen LogP contribution in [0.4, 0.5) is 0 Å². The Balaban J connectivity index is 2.17. The Hall–Kier alpha value is -2.56. The Morgan fingerprint density at radius 1 is 1.27 bits per heavy atom. The van der Waals surface area contributed by atoms with E-state index in [9.17, 15) is 9.59 Å². The van der Waals surface area contributed by atoms with Crippen molar-refractivity contribution in [3.05, 3.63) is 46.3 Å². The topological polar surface area (TPSA) is 64.6 Å². The van der Waals surface area contributed by atoms with Gasteiger partial charge in [0.25, 0.3) is 0 Å². The summed E-state index contributed by atoms with van der Waals surface area (Å²) in [6, 6.07) is 5.65. The highest BCUT2D eigenvalue weighted by Gasteiger charge is 2.37. The molecule has 1 N–H and O–H groups in total. The molecule has 3 rings (SSSR count). The van der Waals surface area contributed by atoms with E-state index in [1.54, 1.807) is 14.0 Å². The molecule has 0 fully saturated rings. The lowest BCUT2D eigenvalue weighted by atomic mass is 9.74. The number of rotatable bonds is 5. The van der Waals surface area contributed by atoms with Gasteiger partial charge in [0.15, 0.2) is 23.1 Å². The van der Waals surface area contributed by atoms with E-state index in [0.717, 1.165) is 35.4 Å². The Morgan fingerprint density at radius 3 is 2.69 bits per heavy atom. The molecule has 5 nitrogen and oxygen atoms in total. The molecule has 5 heteroatoms. The van der Waals surface area contributed by atoms with Crippen LogP contribution in [-0.4, -0.2) is 25.3 Å². The third-order valence-corrected chi connectivity index (χ3v) is 4.98. The summed E-state index contributed by atoms with van der Waals surface area (Å²) in [5.74, 6) is 0.984. The molecule has 1 atom stereocenters. The second-order valence-corrected chi connectivity index (χ2v) is 6.67. The van der Waals surface area contributed by atoms with Crippen LogP contribution in [0.2, 0.25) is 0 Å². The molecule has 1 heterocycles. The minimum atomic E-state index is -0.360. The number of hydrogen-bond donors (Lipinski definition) is 1. The molecule has 1 aliphatic carbocycles. The number of ketones is 2. The molecule has 0 amide bonds. The zero-order valence-corrected chi connectivity index (χ0v) is 15.8. The zero-order valence-electron chi connectivity index (χ0n) is 15.8. The number of Topliss-reactive ketones (excluding diaryl/α,β-unsaturated/α-hetero) is 2. The Bertz CT molecular complexity index is 819. The second kappa shape index (κ2) is 7.36. The molecule has 0 bridgehead atoms. The Labute approximate surface area is 154 Å². The SMILES string of the molecule is CCOc1ccc([C@@H]2C(C(C)=O)=C(C)NC3=C2C(=O)CCC3)cc1OC. The quantitative estimate of drug-likeness (QED) is 0.873. The predicted molar refractivity (Wildman–Crippen MR) is 99.3 cm³/mol. The smallest absolute Gasteiger partial charge is 0.161 e. The van der Waals surface area contributed by atoms with Crippen LogP contribution in [-0.2, 0) is 9.59 Å². The van der Waals surface area contributed by atoms with Gasteiger partial charge < -0.3 is 14.8 Å². The maximum absolute atomic E-state index is 12.7. The molecule has 0 aromatic heterocycles. The molecule has 0 spiro atoms. The first-order chi connectivity index (χ1) is 12.5. The summed E-state index contributed by atoms with van der Waals surface area (Å²) in [5, 5.41) is 3.30. The molecule has 26 heavy (non-hydrogen) atoms. The molecular weight excluding hydrogens is 330 g/mol. The number of benzene rings is 1. The molecule has 1 aliphatic heterocycles. The first-order valence-corrected chi connectivity index (χ1v) is 9.03. The van der Waals surface area contributed by atoms with Crippen molar-refractivity contribution in [3.63, 3.8) is 0 Å². The minimum Gasteiger partial charge on any atom is -0.493 e. The van der Waals surface area contributed by atoms with Crippen LogP contribution in [0.1, 0.15) is 51.5 Å². The molecule has 2 aliphatic rings. The van der Waals surface area contributed by atoms with Crippen molar-refractivity contribution in [2.24, 2.45) is 0 Å². The van der Waals surface area contributed by atoms with Gasteiger partial charge in [-0.2, -0.15) is 0 Å². The number of dihydropyridines is 1. The summed E-state index contributed by atoms with van der Waals surface area (Å²) in [6.45, 7) is 5.91. The Morgan fingerprint density at radius 2 is 2.04 bits per heavy atom. The van der Waals surface area contributed by atoms with Gasteiger partial charge in [-0.25, -0.2) is 0 Å². The number of carbonyl (C=O) groups is 2. The van der Waals surface area contributed by atoms with Gasteiger partial charge in [-0.3, -0.25) is 9.59 Å². The molecule has 138 valence electrons. The van der Waals surface area contributed by atoms with E-state index >= 15 is 0 Å². The summed E-state index contributed by atoms with van der Waals surface area (Å²) in [5.41, 5.74) is 4.01. The fourth-order valence-electron chi connectivity index (χ4n) is 3.92. The highest BCUT2D eigenvalue weighted by molar-refractivity contribution is 6.05. The molecule has 0 saturated heterocycles. The third-order valence-electron chi connectivity index (χ3n) is 4.98. The average Bonchev–Trinajstić information content (AvgIpc) is 2.61. The summed E-state index contributed by atoms with van der Waals surface area (Å²) in [7, 11) is 1.59. The van der Waals surface area contributed by atoms with E-state index < -0.39 is 0 Å². The van der Waals surface area contributed by atoms with Gasteiger partial charge >= 0.3 is 0 Å². The molecule has 0 saturated carbocycles. The average molecular weight is 355 g/mol. The first kappa shape index (κ1) is 18.2. The predicted octanol–water partition coefficient (Wildman–Crippen LogP) is 3.65.